The zero-order valence-corrected chi connectivity index (χ0v) is 21.0. The lowest BCUT2D eigenvalue weighted by Crippen LogP contribution is -2.23. The van der Waals surface area contributed by atoms with Crippen LogP contribution in [0.25, 0.3) is 0 Å². The Morgan fingerprint density at radius 1 is 0.889 bits per heavy atom. The Bertz CT molecular complexity index is 1020. The molecule has 0 spiro atoms. The molecule has 0 saturated heterocycles. The second kappa shape index (κ2) is 12.2. The molecule has 196 valence electrons. The summed E-state index contributed by atoms with van der Waals surface area (Å²) in [4.78, 5) is 0. The number of benzene rings is 2. The van der Waals surface area contributed by atoms with E-state index >= 15 is 8.78 Å². The number of halogens is 3. The van der Waals surface area contributed by atoms with Gasteiger partial charge in [0.2, 0.25) is 0 Å². The number of aliphatic hydroxyl groups excluding tert-OH is 1. The molecule has 6 heteroatoms. The highest BCUT2D eigenvalue weighted by Gasteiger charge is 2.30. The van der Waals surface area contributed by atoms with Gasteiger partial charge in [0.15, 0.2) is 23.2 Å². The van der Waals surface area contributed by atoms with Gasteiger partial charge in [0.25, 0.3) is 0 Å². The largest absolute Gasteiger partial charge is 0.490 e. The minimum atomic E-state index is -0.703. The van der Waals surface area contributed by atoms with Gasteiger partial charge in [-0.1, -0.05) is 24.8 Å². The lowest BCUT2D eigenvalue weighted by atomic mass is 9.75. The fraction of sp³-hybridized carbons (Fsp3) is 0.533. The Kier molecular flexibility index (Phi) is 9.00. The molecule has 1 atom stereocenters. The molecule has 36 heavy (non-hydrogen) atoms. The molecule has 0 heterocycles. The van der Waals surface area contributed by atoms with Gasteiger partial charge in [-0.3, -0.25) is 0 Å². The van der Waals surface area contributed by atoms with Crippen LogP contribution in [0.2, 0.25) is 0 Å². The van der Waals surface area contributed by atoms with Crippen LogP contribution in [0.3, 0.4) is 0 Å². The SMILES string of the molecule is C=CCOc1ccc(OCC2CCC(c3ccc(C4CCC(C(C)O)CC4)c(F)c3F)CC2)c(F)c1. The average molecular weight is 503 g/mol. The van der Waals surface area contributed by atoms with Gasteiger partial charge in [-0.05, 0) is 105 Å². The number of hydrogen-bond acceptors (Lipinski definition) is 3. The van der Waals surface area contributed by atoms with Crippen molar-refractivity contribution in [1.29, 1.82) is 0 Å². The molecule has 2 saturated carbocycles. The Morgan fingerprint density at radius 2 is 1.47 bits per heavy atom. The van der Waals surface area contributed by atoms with Gasteiger partial charge in [-0.25, -0.2) is 13.2 Å². The summed E-state index contributed by atoms with van der Waals surface area (Å²) in [6.07, 6.45) is 7.62. The summed E-state index contributed by atoms with van der Waals surface area (Å²) in [5.41, 5.74) is 0.944. The first-order chi connectivity index (χ1) is 17.4. The quantitative estimate of drug-likeness (QED) is 0.358. The average Bonchev–Trinajstić information content (AvgIpc) is 2.89. The number of rotatable bonds is 9. The van der Waals surface area contributed by atoms with Crippen LogP contribution >= 0.6 is 0 Å². The summed E-state index contributed by atoms with van der Waals surface area (Å²) < 4.78 is 55.6. The van der Waals surface area contributed by atoms with Crippen LogP contribution in [0.4, 0.5) is 13.2 Å². The van der Waals surface area contributed by atoms with Crippen LogP contribution in [-0.2, 0) is 0 Å². The molecule has 0 amide bonds. The van der Waals surface area contributed by atoms with E-state index in [1.165, 1.54) is 6.07 Å². The second-order valence-electron chi connectivity index (χ2n) is 10.4. The first-order valence-corrected chi connectivity index (χ1v) is 13.2. The van der Waals surface area contributed by atoms with E-state index < -0.39 is 17.5 Å². The highest BCUT2D eigenvalue weighted by atomic mass is 19.2. The third kappa shape index (κ3) is 6.26. The van der Waals surface area contributed by atoms with Crippen LogP contribution in [0.15, 0.2) is 43.0 Å². The van der Waals surface area contributed by atoms with Gasteiger partial charge in [-0.2, -0.15) is 0 Å². The molecule has 4 rings (SSSR count). The molecule has 0 radical (unpaired) electrons. The van der Waals surface area contributed by atoms with E-state index in [-0.39, 0.29) is 35.5 Å². The van der Waals surface area contributed by atoms with Gasteiger partial charge in [0.1, 0.15) is 12.4 Å². The Hall–Kier alpha value is -2.47. The van der Waals surface area contributed by atoms with Crippen molar-refractivity contribution in [2.45, 2.75) is 76.2 Å². The topological polar surface area (TPSA) is 38.7 Å². The van der Waals surface area contributed by atoms with Crippen LogP contribution in [0, 0.1) is 29.3 Å². The molecule has 0 aliphatic heterocycles. The first-order valence-electron chi connectivity index (χ1n) is 13.2. The lowest BCUT2D eigenvalue weighted by molar-refractivity contribution is 0.0963. The maximum Gasteiger partial charge on any atom is 0.168 e. The molecule has 2 aromatic rings. The van der Waals surface area contributed by atoms with Crippen LogP contribution in [0.5, 0.6) is 11.5 Å². The van der Waals surface area contributed by atoms with Crippen molar-refractivity contribution in [3.8, 4) is 11.5 Å². The van der Waals surface area contributed by atoms with E-state index in [1.54, 1.807) is 37.3 Å². The second-order valence-corrected chi connectivity index (χ2v) is 10.4. The molecule has 3 nitrogen and oxygen atoms in total. The summed E-state index contributed by atoms with van der Waals surface area (Å²) in [5.74, 6) is -0.772. The molecule has 2 aromatic carbocycles. The van der Waals surface area contributed by atoms with E-state index in [0.717, 1.165) is 51.4 Å². The van der Waals surface area contributed by atoms with Crippen LogP contribution in [-0.4, -0.2) is 24.4 Å². The Balaban J connectivity index is 1.30. The van der Waals surface area contributed by atoms with Crippen LogP contribution in [0.1, 0.15) is 81.3 Å². The van der Waals surface area contributed by atoms with E-state index in [4.69, 9.17) is 9.47 Å². The highest BCUT2D eigenvalue weighted by Crippen LogP contribution is 2.42. The molecule has 0 bridgehead atoms. The maximum atomic E-state index is 15.1. The molecular formula is C30H37F3O3. The van der Waals surface area contributed by atoms with Gasteiger partial charge >= 0.3 is 0 Å². The van der Waals surface area contributed by atoms with Crippen molar-refractivity contribution in [2.24, 2.45) is 11.8 Å². The Morgan fingerprint density at radius 3 is 2.00 bits per heavy atom. The third-order valence-corrected chi connectivity index (χ3v) is 8.07. The minimum Gasteiger partial charge on any atom is -0.490 e. The van der Waals surface area contributed by atoms with Crippen molar-refractivity contribution < 1.29 is 27.8 Å². The van der Waals surface area contributed by atoms with E-state index in [1.807, 2.05) is 0 Å². The number of aliphatic hydroxyl groups is 1. The van der Waals surface area contributed by atoms with Crippen molar-refractivity contribution in [3.63, 3.8) is 0 Å². The zero-order chi connectivity index (χ0) is 25.7. The van der Waals surface area contributed by atoms with Gasteiger partial charge in [-0.15, -0.1) is 0 Å². The summed E-state index contributed by atoms with van der Waals surface area (Å²) in [7, 11) is 0. The normalized spacial score (nSPS) is 25.2. The van der Waals surface area contributed by atoms with E-state index in [0.29, 0.717) is 30.1 Å². The number of hydrogen-bond donors (Lipinski definition) is 1. The molecule has 2 aliphatic carbocycles. The van der Waals surface area contributed by atoms with Crippen molar-refractivity contribution in [3.05, 3.63) is 71.6 Å². The van der Waals surface area contributed by atoms with E-state index in [2.05, 4.69) is 6.58 Å². The molecule has 2 aliphatic rings. The summed E-state index contributed by atoms with van der Waals surface area (Å²) in [5, 5.41) is 9.81. The van der Waals surface area contributed by atoms with Crippen molar-refractivity contribution >= 4 is 0 Å². The monoisotopic (exact) mass is 502 g/mol. The lowest BCUT2D eigenvalue weighted by Gasteiger charge is -2.32. The van der Waals surface area contributed by atoms with Crippen LogP contribution < -0.4 is 9.47 Å². The summed E-state index contributed by atoms with van der Waals surface area (Å²) in [6, 6.07) is 8.09. The zero-order valence-electron chi connectivity index (χ0n) is 21.0. The minimum absolute atomic E-state index is 0.0134. The molecule has 1 unspecified atom stereocenters. The predicted molar refractivity (Wildman–Crippen MR) is 135 cm³/mol. The molecular weight excluding hydrogens is 465 g/mol. The molecule has 2 fully saturated rings. The first kappa shape index (κ1) is 26.6. The summed E-state index contributed by atoms with van der Waals surface area (Å²) >= 11 is 0. The fourth-order valence-corrected chi connectivity index (χ4v) is 5.81. The third-order valence-electron chi connectivity index (χ3n) is 8.07. The van der Waals surface area contributed by atoms with Gasteiger partial charge < -0.3 is 14.6 Å². The number of ether oxygens (including phenoxy) is 2. The van der Waals surface area contributed by atoms with E-state index in [9.17, 15) is 9.50 Å². The van der Waals surface area contributed by atoms with Gasteiger partial charge in [0.05, 0.1) is 12.7 Å². The highest BCUT2D eigenvalue weighted by molar-refractivity contribution is 5.34. The Labute approximate surface area is 212 Å². The molecule has 0 aromatic heterocycles. The maximum absolute atomic E-state index is 15.1. The summed E-state index contributed by atoms with van der Waals surface area (Å²) in [6.45, 7) is 6.07. The van der Waals surface area contributed by atoms with Crippen molar-refractivity contribution in [2.75, 3.05) is 13.2 Å². The molecule has 1 N–H and O–H groups in total. The van der Waals surface area contributed by atoms with Gasteiger partial charge in [0, 0.05) is 6.07 Å². The standard InChI is InChI=1S/C30H37F3O3/c1-3-16-35-24-12-15-28(27(31)17-24)36-18-20-4-6-22(7-5-20)25-13-14-26(30(33)29(25)32)23-10-8-21(9-11-23)19(2)34/h3,12-15,17,19-23,34H,1,4-11,16,18H2,2H3. The smallest absolute Gasteiger partial charge is 0.168 e. The fourth-order valence-electron chi connectivity index (χ4n) is 5.81. The van der Waals surface area contributed by atoms with Crippen molar-refractivity contribution in [1.82, 2.24) is 0 Å². The predicted octanol–water partition coefficient (Wildman–Crippen LogP) is 7.68.